The molecule has 130 heavy (non-hydrogen) atoms. The molecule has 0 saturated heterocycles. The van der Waals surface area contributed by atoms with E-state index in [0.29, 0.717) is 78.8 Å². The van der Waals surface area contributed by atoms with Gasteiger partial charge in [0.25, 0.3) is 0 Å². The van der Waals surface area contributed by atoms with Crippen molar-refractivity contribution in [2.75, 3.05) is 48.1 Å². The molecule has 32 nitrogen and oxygen atoms in total. The van der Waals surface area contributed by atoms with Crippen LogP contribution in [0.1, 0.15) is 244 Å². The summed E-state index contributed by atoms with van der Waals surface area (Å²) in [6.07, 6.45) is 28.2. The van der Waals surface area contributed by atoms with E-state index in [2.05, 4.69) is 144 Å². The SMILES string of the molecule is CC(=O)c1cn2cc(C(C)(C)C)sc2n1.CC(=O)c1cn2cc(C(C)C)sc2n1.CC(=O)c1cn2cc(Cl)sc2n1.COC(=O)c1cn2c(C)c(C)sc2n1.COC(=O)c1cn2cc(C(C)(C)C)sc2n1.COC(=O)c1cn2cc(C(C)C)sc2n1.COC(=O)c1cn2cc(SC)sc2n1.COC(=O)c1nc2sc(C(F)(F)F)cn2c1C.CSc1cn2cc(C(C)=O)nc2s1. The van der Waals surface area contributed by atoms with Gasteiger partial charge in [-0.25, -0.2) is 68.8 Å². The van der Waals surface area contributed by atoms with Crippen molar-refractivity contribution in [2.24, 2.45) is 0 Å². The fourth-order valence-corrected chi connectivity index (χ4v) is 20.7. The molecule has 18 rings (SSSR count). The van der Waals surface area contributed by atoms with Gasteiger partial charge in [-0.15, -0.1) is 80.2 Å². The second-order valence-electron chi connectivity index (χ2n) is 30.5. The fourth-order valence-electron chi connectivity index (χ4n) is 10.9. The molecule has 0 saturated carbocycles. The van der Waals surface area contributed by atoms with Crippen LogP contribution in [0, 0.1) is 20.8 Å². The summed E-state index contributed by atoms with van der Waals surface area (Å²) >= 11 is 22.1. The van der Waals surface area contributed by atoms with Crippen molar-refractivity contribution in [1.82, 2.24) is 84.5 Å². The van der Waals surface area contributed by atoms with Crippen LogP contribution < -0.4 is 0 Å². The minimum absolute atomic E-state index is 0.0154. The van der Waals surface area contributed by atoms with Gasteiger partial charge in [-0.2, -0.15) is 13.2 Å². The quantitative estimate of drug-likeness (QED) is 0.0448. The van der Waals surface area contributed by atoms with Crippen molar-refractivity contribution in [2.45, 2.75) is 155 Å². The molecule has 18 heterocycles. The van der Waals surface area contributed by atoms with E-state index in [4.69, 9.17) is 11.6 Å². The number of imidazole rings is 9. The van der Waals surface area contributed by atoms with Gasteiger partial charge in [0, 0.05) is 157 Å². The van der Waals surface area contributed by atoms with Crippen molar-refractivity contribution < 1.29 is 80.0 Å². The van der Waals surface area contributed by atoms with Gasteiger partial charge in [-0.1, -0.05) is 126 Å². The van der Waals surface area contributed by atoms with Crippen molar-refractivity contribution in [3.05, 3.63) is 195 Å². The minimum Gasteiger partial charge on any atom is -0.464 e. The van der Waals surface area contributed by atoms with Gasteiger partial charge in [0.05, 0.1) is 49.7 Å². The Labute approximate surface area is 791 Å². The monoisotopic (exact) mass is 2010 g/mol. The predicted molar refractivity (Wildman–Crippen MR) is 508 cm³/mol. The summed E-state index contributed by atoms with van der Waals surface area (Å²) in [6.45, 7) is 33.2. The van der Waals surface area contributed by atoms with Crippen LogP contribution in [0.25, 0.3) is 44.6 Å². The third-order valence-corrected chi connectivity index (χ3v) is 30.9. The van der Waals surface area contributed by atoms with Crippen molar-refractivity contribution in [3.8, 4) is 0 Å². The van der Waals surface area contributed by atoms with Crippen LogP contribution in [-0.2, 0) is 40.7 Å². The molecule has 18 aromatic rings. The number of methoxy groups -OCH3 is 5. The molecule has 0 aliphatic heterocycles. The molecule has 0 N–H and O–H groups in total. The van der Waals surface area contributed by atoms with Gasteiger partial charge >= 0.3 is 36.0 Å². The van der Waals surface area contributed by atoms with E-state index in [-0.39, 0.29) is 44.6 Å². The van der Waals surface area contributed by atoms with E-state index in [9.17, 15) is 56.3 Å². The average molecular weight is 2010 g/mol. The molecule has 0 spiro atoms. The number of ether oxygens (including phenoxy) is 5. The standard InChI is InChI=1S/C11H14N2O2S.C11H14N2OS.C10H12N2O2S.C10H12N2OS.C9H7F3N2O2S.C9H10N2O2S.C8H8N2O2S2.C8H8N2OS2.C7H5ClN2OS/c1-11(2,3)8-6-13-5-7(9(14)15-4)12-10(13)16-8;1-7(14)8-5-13-6-9(11(2,3)4)15-10(13)12-8;1-6(2)8-5-12-4-7(9(13)14-3)11-10(12)15-8;1-6(2)9-5-12-4-8(7(3)13)11-10(12)14-9;1-4-6(7(15)16-2)13-8-14(4)3-5(17-8)9(10,11)12;1-5-6(2)14-9-10-7(4-11(5)9)8(12)13-3;1-12-7(11)5-3-10-4-6(13-2)14-8(10)9-5;1-5(11)6-3-10-4-7(12-2)13-8(10)9-6;1-4(11)5-2-10-3-6(8)12-7(10)9-5/h5-6H,1-4H3;5-6H,1-4H3;4-6H,1-3H3;4-6H,1-3H3;3H,1-2H3;4H,1-3H3;3-4H,1-2H3;3-4H,1-2H3;2-3H,1H3. The molecule has 0 fully saturated rings. The van der Waals surface area contributed by atoms with E-state index in [0.717, 1.165) is 51.6 Å². The molecule has 0 aliphatic carbocycles. The number of ketones is 4. The smallest absolute Gasteiger partial charge is 0.427 e. The highest BCUT2D eigenvalue weighted by molar-refractivity contribution is 8.00. The van der Waals surface area contributed by atoms with Crippen LogP contribution in [-0.4, -0.2) is 186 Å². The van der Waals surface area contributed by atoms with Crippen molar-refractivity contribution in [1.29, 1.82) is 0 Å². The summed E-state index contributed by atoms with van der Waals surface area (Å²) in [5, 5.41) is 0. The number of hydrogen-bond acceptors (Lipinski definition) is 34. The first kappa shape index (κ1) is 101. The van der Waals surface area contributed by atoms with Crippen LogP contribution in [0.3, 0.4) is 0 Å². The van der Waals surface area contributed by atoms with Crippen LogP contribution in [0.2, 0.25) is 4.34 Å². The Balaban J connectivity index is 0.000000152. The molecule has 0 radical (unpaired) electrons. The fraction of sp³-hybridized carbons (Fsp3) is 0.349. The van der Waals surface area contributed by atoms with E-state index >= 15 is 0 Å². The molecule has 0 amide bonds. The number of nitrogens with zero attached hydrogens (tertiary/aromatic N) is 18. The summed E-state index contributed by atoms with van der Waals surface area (Å²) in [5.41, 5.74) is 5.28. The summed E-state index contributed by atoms with van der Waals surface area (Å²) in [4.78, 5) is 150. The van der Waals surface area contributed by atoms with Gasteiger partial charge in [0.2, 0.25) is 0 Å². The number of aromatic nitrogens is 18. The normalized spacial score (nSPS) is 11.4. The maximum absolute atomic E-state index is 12.4. The maximum Gasteiger partial charge on any atom is 0.427 e. The Kier molecular flexibility index (Phi) is 33.3. The summed E-state index contributed by atoms with van der Waals surface area (Å²) in [7, 11) is 6.61. The molecular weight excluding hydrogens is 1920 g/mol. The molecule has 0 aliphatic rings. The number of fused-ring (bicyclic) bond motifs is 9. The first-order chi connectivity index (χ1) is 61.1. The molecule has 690 valence electrons. The number of Topliss-reactive ketones (excluding diaryl/α,β-unsaturated/α-hetero) is 4. The molecule has 0 atom stereocenters. The third-order valence-electron chi connectivity index (χ3n) is 18.1. The topological polar surface area (TPSA) is 355 Å². The molecule has 0 aromatic carbocycles. The van der Waals surface area contributed by atoms with E-state index < -0.39 is 40.9 Å². The zero-order valence-corrected chi connectivity index (χ0v) is 84.4. The number of rotatable bonds is 13. The second-order valence-corrected chi connectivity index (χ2v) is 42.7. The number of thioether (sulfide) groups is 2. The first-order valence-electron chi connectivity index (χ1n) is 38.7. The summed E-state index contributed by atoms with van der Waals surface area (Å²) in [6, 6.07) is 0. The Hall–Kier alpha value is -10.7. The molecule has 47 heteroatoms. The second kappa shape index (κ2) is 42.7. The van der Waals surface area contributed by atoms with Gasteiger partial charge < -0.3 is 23.7 Å². The average Bonchev–Trinajstić information content (AvgIpc) is 1.62. The highest BCUT2D eigenvalue weighted by Crippen LogP contribution is 2.38. The molecule has 0 bridgehead atoms. The zero-order valence-electron chi connectivity index (χ0n) is 74.7. The number of hydrogen-bond donors (Lipinski definition) is 0. The van der Waals surface area contributed by atoms with Gasteiger partial charge in [0.15, 0.2) is 96.3 Å². The van der Waals surface area contributed by atoms with Crippen LogP contribution in [0.4, 0.5) is 13.2 Å². The maximum atomic E-state index is 12.4. The lowest BCUT2D eigenvalue weighted by molar-refractivity contribution is -0.134. The number of halogens is 4. The molecule has 18 aromatic heterocycles. The Bertz CT molecular complexity index is 6930. The Morgan fingerprint density at radius 3 is 0.915 bits per heavy atom. The zero-order chi connectivity index (χ0) is 95.8. The lowest BCUT2D eigenvalue weighted by Gasteiger charge is -2.14. The Morgan fingerprint density at radius 2 is 0.623 bits per heavy atom. The Morgan fingerprint density at radius 1 is 0.338 bits per heavy atom. The van der Waals surface area contributed by atoms with Crippen LogP contribution in [0.5, 0.6) is 0 Å². The first-order valence-corrected chi connectivity index (χ1v) is 48.9. The number of carbonyl (C=O) groups excluding carboxylic acids is 9. The lowest BCUT2D eigenvalue weighted by Crippen LogP contribution is -2.08. The van der Waals surface area contributed by atoms with Gasteiger partial charge in [0.1, 0.15) is 32.0 Å². The highest BCUT2D eigenvalue weighted by atomic mass is 35.5. The number of carbonyl (C=O) groups is 9. The third kappa shape index (κ3) is 24.7. The van der Waals surface area contributed by atoms with Gasteiger partial charge in [-0.3, -0.25) is 58.8 Å². The lowest BCUT2D eigenvalue weighted by atomic mass is 9.95. The largest absolute Gasteiger partial charge is 0.464 e. The van der Waals surface area contributed by atoms with Crippen LogP contribution in [0.15, 0.2) is 108 Å². The van der Waals surface area contributed by atoms with E-state index in [1.807, 2.05) is 88.1 Å². The number of aryl methyl sites for hydroxylation is 3. The van der Waals surface area contributed by atoms with Gasteiger partial charge in [-0.05, 0) is 55.9 Å². The minimum atomic E-state index is -4.40. The number of alkyl halides is 3. The summed E-state index contributed by atoms with van der Waals surface area (Å²) < 4.78 is 79.5. The van der Waals surface area contributed by atoms with Crippen LogP contribution >= 0.6 is 137 Å². The molecular formula is C83H90ClF3N18O14S11. The number of esters is 5. The van der Waals surface area contributed by atoms with E-state index in [1.165, 1.54) is 119 Å². The predicted octanol–water partition coefficient (Wildman–Crippen LogP) is 21.2. The molecule has 0 unspecified atom stereocenters. The van der Waals surface area contributed by atoms with Crippen molar-refractivity contribution >= 4 is 235 Å². The highest BCUT2D eigenvalue weighted by Gasteiger charge is 2.35. The summed E-state index contributed by atoms with van der Waals surface area (Å²) in [5.74, 6) is -1.21. The van der Waals surface area contributed by atoms with E-state index in [1.54, 1.807) is 163 Å². The number of thiazole rings is 9. The van der Waals surface area contributed by atoms with Crippen molar-refractivity contribution in [3.63, 3.8) is 0 Å².